The standard InChI is InChI=1S/C20H22ClNO4/c1-13(15-6-8-16(21)9-7-15)22-19(23)10-5-14-11-17(24-2)20(26-4)18(12-14)25-3/h5-13H,1-4H3,(H,22,23)/b10-5+. The molecule has 0 heterocycles. The number of amides is 1. The lowest BCUT2D eigenvalue weighted by atomic mass is 10.1. The maximum absolute atomic E-state index is 12.2. The smallest absolute Gasteiger partial charge is 0.244 e. The van der Waals surface area contributed by atoms with Crippen LogP contribution in [0.2, 0.25) is 5.02 Å². The molecule has 2 aromatic carbocycles. The Morgan fingerprint density at radius 3 is 2.12 bits per heavy atom. The first kappa shape index (κ1) is 19.7. The van der Waals surface area contributed by atoms with E-state index in [0.717, 1.165) is 11.1 Å². The first-order chi connectivity index (χ1) is 12.5. The van der Waals surface area contributed by atoms with Gasteiger partial charge in [0, 0.05) is 11.1 Å². The Balaban J connectivity index is 2.11. The van der Waals surface area contributed by atoms with E-state index in [-0.39, 0.29) is 11.9 Å². The van der Waals surface area contributed by atoms with Gasteiger partial charge in [-0.25, -0.2) is 0 Å². The average molecular weight is 376 g/mol. The molecule has 0 aliphatic rings. The van der Waals surface area contributed by atoms with Gasteiger partial charge in [0.1, 0.15) is 0 Å². The van der Waals surface area contributed by atoms with E-state index in [1.807, 2.05) is 19.1 Å². The number of hydrogen-bond donors (Lipinski definition) is 1. The van der Waals surface area contributed by atoms with Gasteiger partial charge in [-0.15, -0.1) is 0 Å². The fourth-order valence-corrected chi connectivity index (χ4v) is 2.59. The lowest BCUT2D eigenvalue weighted by Crippen LogP contribution is -2.24. The second kappa shape index (κ2) is 9.15. The Labute approximate surface area is 158 Å². The first-order valence-electron chi connectivity index (χ1n) is 8.02. The molecule has 1 N–H and O–H groups in total. The van der Waals surface area contributed by atoms with E-state index in [2.05, 4.69) is 5.32 Å². The van der Waals surface area contributed by atoms with Crippen molar-refractivity contribution in [1.29, 1.82) is 0 Å². The molecule has 2 rings (SSSR count). The van der Waals surface area contributed by atoms with Gasteiger partial charge in [-0.05, 0) is 48.4 Å². The summed E-state index contributed by atoms with van der Waals surface area (Å²) in [6, 6.07) is 10.8. The molecule has 6 heteroatoms. The molecule has 1 unspecified atom stereocenters. The highest BCUT2D eigenvalue weighted by atomic mass is 35.5. The molecule has 5 nitrogen and oxygen atoms in total. The Kier molecular flexibility index (Phi) is 6.92. The van der Waals surface area contributed by atoms with Gasteiger partial charge in [0.15, 0.2) is 11.5 Å². The van der Waals surface area contributed by atoms with Crippen molar-refractivity contribution in [2.75, 3.05) is 21.3 Å². The Bertz CT molecular complexity index is 762. The Morgan fingerprint density at radius 2 is 1.62 bits per heavy atom. The van der Waals surface area contributed by atoms with Crippen LogP contribution in [0, 0.1) is 0 Å². The molecule has 0 radical (unpaired) electrons. The molecule has 26 heavy (non-hydrogen) atoms. The minimum Gasteiger partial charge on any atom is -0.493 e. The van der Waals surface area contributed by atoms with Gasteiger partial charge in [0.2, 0.25) is 11.7 Å². The van der Waals surface area contributed by atoms with Crippen molar-refractivity contribution in [2.24, 2.45) is 0 Å². The summed E-state index contributed by atoms with van der Waals surface area (Å²) < 4.78 is 15.9. The summed E-state index contributed by atoms with van der Waals surface area (Å²) >= 11 is 5.88. The number of rotatable bonds is 7. The molecule has 0 spiro atoms. The highest BCUT2D eigenvalue weighted by molar-refractivity contribution is 6.30. The summed E-state index contributed by atoms with van der Waals surface area (Å²) in [4.78, 5) is 12.2. The molecular formula is C20H22ClNO4. The van der Waals surface area contributed by atoms with Crippen LogP contribution in [0.1, 0.15) is 24.1 Å². The zero-order chi connectivity index (χ0) is 19.1. The molecule has 0 saturated carbocycles. The summed E-state index contributed by atoms with van der Waals surface area (Å²) in [6.07, 6.45) is 3.15. The van der Waals surface area contributed by atoms with Crippen molar-refractivity contribution in [3.05, 3.63) is 58.6 Å². The predicted molar refractivity (Wildman–Crippen MR) is 103 cm³/mol. The minimum absolute atomic E-state index is 0.135. The molecule has 138 valence electrons. The third kappa shape index (κ3) is 4.92. The number of carbonyl (C=O) groups is 1. The number of ether oxygens (including phenoxy) is 3. The SMILES string of the molecule is COc1cc(/C=C/C(=O)NC(C)c2ccc(Cl)cc2)cc(OC)c1OC. The molecule has 0 bridgehead atoms. The van der Waals surface area contributed by atoms with Gasteiger partial charge in [-0.2, -0.15) is 0 Å². The molecule has 0 aromatic heterocycles. The summed E-state index contributed by atoms with van der Waals surface area (Å²) in [6.45, 7) is 1.91. The fourth-order valence-electron chi connectivity index (χ4n) is 2.47. The molecular weight excluding hydrogens is 354 g/mol. The van der Waals surface area contributed by atoms with Gasteiger partial charge in [0.25, 0.3) is 0 Å². The van der Waals surface area contributed by atoms with Crippen LogP contribution in [0.4, 0.5) is 0 Å². The highest BCUT2D eigenvalue weighted by Gasteiger charge is 2.12. The van der Waals surface area contributed by atoms with Crippen molar-refractivity contribution < 1.29 is 19.0 Å². The molecule has 1 atom stereocenters. The van der Waals surface area contributed by atoms with E-state index in [0.29, 0.717) is 22.3 Å². The van der Waals surface area contributed by atoms with Gasteiger partial charge < -0.3 is 19.5 Å². The average Bonchev–Trinajstić information content (AvgIpc) is 2.65. The van der Waals surface area contributed by atoms with E-state index in [4.69, 9.17) is 25.8 Å². The van der Waals surface area contributed by atoms with Crippen LogP contribution >= 0.6 is 11.6 Å². The van der Waals surface area contributed by atoms with Crippen LogP contribution in [-0.2, 0) is 4.79 Å². The molecule has 0 aliphatic heterocycles. The topological polar surface area (TPSA) is 56.8 Å². The van der Waals surface area contributed by atoms with Crippen molar-refractivity contribution in [1.82, 2.24) is 5.32 Å². The Hall–Kier alpha value is -2.66. The van der Waals surface area contributed by atoms with Crippen LogP contribution in [0.5, 0.6) is 17.2 Å². The maximum Gasteiger partial charge on any atom is 0.244 e. The van der Waals surface area contributed by atoms with Crippen LogP contribution in [0.3, 0.4) is 0 Å². The van der Waals surface area contributed by atoms with Crippen LogP contribution < -0.4 is 19.5 Å². The predicted octanol–water partition coefficient (Wildman–Crippen LogP) is 4.26. The van der Waals surface area contributed by atoms with E-state index >= 15 is 0 Å². The number of hydrogen-bond acceptors (Lipinski definition) is 4. The molecule has 0 aliphatic carbocycles. The second-order valence-electron chi connectivity index (χ2n) is 5.57. The number of benzene rings is 2. The van der Waals surface area contributed by atoms with Gasteiger partial charge in [0.05, 0.1) is 27.4 Å². The lowest BCUT2D eigenvalue weighted by Gasteiger charge is -2.14. The van der Waals surface area contributed by atoms with E-state index in [1.165, 1.54) is 6.08 Å². The van der Waals surface area contributed by atoms with Crippen molar-refractivity contribution in [3.63, 3.8) is 0 Å². The fraction of sp³-hybridized carbons (Fsp3) is 0.250. The minimum atomic E-state index is -0.207. The number of nitrogens with one attached hydrogen (secondary N) is 1. The third-order valence-corrected chi connectivity index (χ3v) is 4.09. The molecule has 1 amide bonds. The van der Waals surface area contributed by atoms with Crippen molar-refractivity contribution in [3.8, 4) is 17.2 Å². The van der Waals surface area contributed by atoms with Crippen molar-refractivity contribution in [2.45, 2.75) is 13.0 Å². The van der Waals surface area contributed by atoms with E-state index < -0.39 is 0 Å². The zero-order valence-electron chi connectivity index (χ0n) is 15.2. The third-order valence-electron chi connectivity index (χ3n) is 3.84. The quantitative estimate of drug-likeness (QED) is 0.735. The monoisotopic (exact) mass is 375 g/mol. The largest absolute Gasteiger partial charge is 0.493 e. The zero-order valence-corrected chi connectivity index (χ0v) is 16.0. The second-order valence-corrected chi connectivity index (χ2v) is 6.01. The molecule has 0 saturated heterocycles. The van der Waals surface area contributed by atoms with Gasteiger partial charge in [-0.3, -0.25) is 4.79 Å². The summed E-state index contributed by atoms with van der Waals surface area (Å²) in [5.41, 5.74) is 1.73. The highest BCUT2D eigenvalue weighted by Crippen LogP contribution is 2.38. The maximum atomic E-state index is 12.2. The number of carbonyl (C=O) groups excluding carboxylic acids is 1. The Morgan fingerprint density at radius 1 is 1.04 bits per heavy atom. The normalized spacial score (nSPS) is 11.9. The molecule has 2 aromatic rings. The summed E-state index contributed by atoms with van der Waals surface area (Å²) in [5, 5.41) is 3.57. The van der Waals surface area contributed by atoms with Gasteiger partial charge in [-0.1, -0.05) is 23.7 Å². The van der Waals surface area contributed by atoms with Crippen LogP contribution in [0.15, 0.2) is 42.5 Å². The van der Waals surface area contributed by atoms with E-state index in [1.54, 1.807) is 51.7 Å². The van der Waals surface area contributed by atoms with Crippen molar-refractivity contribution >= 4 is 23.6 Å². The molecule has 0 fully saturated rings. The summed E-state index contributed by atoms with van der Waals surface area (Å²) in [5.74, 6) is 1.36. The van der Waals surface area contributed by atoms with Crippen LogP contribution in [0.25, 0.3) is 6.08 Å². The van der Waals surface area contributed by atoms with E-state index in [9.17, 15) is 4.79 Å². The van der Waals surface area contributed by atoms with Crippen LogP contribution in [-0.4, -0.2) is 27.2 Å². The lowest BCUT2D eigenvalue weighted by molar-refractivity contribution is -0.117. The number of halogens is 1. The number of methoxy groups -OCH3 is 3. The first-order valence-corrected chi connectivity index (χ1v) is 8.40. The van der Waals surface area contributed by atoms with Gasteiger partial charge >= 0.3 is 0 Å². The summed E-state index contributed by atoms with van der Waals surface area (Å²) in [7, 11) is 4.64.